The Morgan fingerprint density at radius 3 is 2.43 bits per heavy atom. The summed E-state index contributed by atoms with van der Waals surface area (Å²) < 4.78 is 57.1. The molecule has 0 atom stereocenters. The number of hydrogen-bond acceptors (Lipinski definition) is 2. The molecular formula is C14H10BrF4NO. The van der Waals surface area contributed by atoms with Crippen molar-refractivity contribution in [3.8, 4) is 5.75 Å². The molecule has 0 fully saturated rings. The van der Waals surface area contributed by atoms with Gasteiger partial charge in [-0.25, -0.2) is 4.39 Å². The van der Waals surface area contributed by atoms with Gasteiger partial charge in [-0.05, 0) is 51.8 Å². The minimum atomic E-state index is -4.56. The molecule has 0 amide bonds. The lowest BCUT2D eigenvalue weighted by molar-refractivity contribution is -0.139. The molecule has 0 saturated heterocycles. The monoisotopic (exact) mass is 363 g/mol. The number of nitrogen functional groups attached to an aromatic ring is 1. The van der Waals surface area contributed by atoms with Crippen molar-refractivity contribution in [1.29, 1.82) is 0 Å². The van der Waals surface area contributed by atoms with Gasteiger partial charge < -0.3 is 10.5 Å². The number of nitrogens with two attached hydrogens (primary N) is 1. The number of alkyl halides is 3. The minimum Gasteiger partial charge on any atom is -0.488 e. The molecule has 2 rings (SSSR count). The molecule has 0 unspecified atom stereocenters. The van der Waals surface area contributed by atoms with Crippen LogP contribution in [0, 0.1) is 5.82 Å². The van der Waals surface area contributed by atoms with E-state index in [2.05, 4.69) is 15.9 Å². The molecule has 0 aromatic heterocycles. The van der Waals surface area contributed by atoms with Crippen LogP contribution in [0.3, 0.4) is 0 Å². The molecule has 0 radical (unpaired) electrons. The summed E-state index contributed by atoms with van der Waals surface area (Å²) in [6.45, 7) is -0.119. The molecule has 0 spiro atoms. The second-order valence-electron chi connectivity index (χ2n) is 4.29. The lowest BCUT2D eigenvalue weighted by atomic mass is 10.1. The van der Waals surface area contributed by atoms with Gasteiger partial charge in [0, 0.05) is 5.69 Å². The lowest BCUT2D eigenvalue weighted by Crippen LogP contribution is -2.09. The van der Waals surface area contributed by atoms with Crippen molar-refractivity contribution < 1.29 is 22.3 Å². The standard InChI is InChI=1S/C14H10BrF4NO/c15-11-5-8(1-3-12(11)16)7-21-13-4-2-9(20)6-10(13)14(17,18)19/h1-6H,7,20H2. The Morgan fingerprint density at radius 2 is 1.81 bits per heavy atom. The van der Waals surface area contributed by atoms with Gasteiger partial charge in [-0.2, -0.15) is 13.2 Å². The van der Waals surface area contributed by atoms with E-state index in [1.54, 1.807) is 0 Å². The first-order valence-corrected chi connectivity index (χ1v) is 6.60. The number of benzene rings is 2. The second kappa shape index (κ2) is 5.93. The molecule has 21 heavy (non-hydrogen) atoms. The van der Waals surface area contributed by atoms with Crippen LogP contribution in [0.15, 0.2) is 40.9 Å². The average molecular weight is 364 g/mol. The van der Waals surface area contributed by atoms with Gasteiger partial charge in [-0.3, -0.25) is 0 Å². The Balaban J connectivity index is 2.22. The molecule has 0 heterocycles. The maximum Gasteiger partial charge on any atom is 0.420 e. The van der Waals surface area contributed by atoms with E-state index in [1.807, 2.05) is 0 Å². The van der Waals surface area contributed by atoms with Gasteiger partial charge in [0.05, 0.1) is 10.0 Å². The average Bonchev–Trinajstić information content (AvgIpc) is 2.40. The summed E-state index contributed by atoms with van der Waals surface area (Å²) in [4.78, 5) is 0. The van der Waals surface area contributed by atoms with Crippen LogP contribution in [0.25, 0.3) is 0 Å². The Labute approximate surface area is 126 Å². The smallest absolute Gasteiger partial charge is 0.420 e. The fourth-order valence-electron chi connectivity index (χ4n) is 1.69. The molecule has 0 aliphatic heterocycles. The summed E-state index contributed by atoms with van der Waals surface area (Å²) in [6.07, 6.45) is -4.56. The van der Waals surface area contributed by atoms with Crippen molar-refractivity contribution in [2.45, 2.75) is 12.8 Å². The van der Waals surface area contributed by atoms with Crippen LogP contribution in [0.1, 0.15) is 11.1 Å². The summed E-state index contributed by atoms with van der Waals surface area (Å²) in [5.74, 6) is -0.778. The van der Waals surface area contributed by atoms with E-state index in [0.717, 1.165) is 12.1 Å². The third-order valence-corrected chi connectivity index (χ3v) is 3.30. The predicted molar refractivity (Wildman–Crippen MR) is 74.3 cm³/mol. The van der Waals surface area contributed by atoms with Gasteiger partial charge >= 0.3 is 6.18 Å². The fourth-order valence-corrected chi connectivity index (χ4v) is 2.11. The van der Waals surface area contributed by atoms with Gasteiger partial charge in [-0.15, -0.1) is 0 Å². The lowest BCUT2D eigenvalue weighted by Gasteiger charge is -2.14. The molecule has 0 saturated carbocycles. The molecule has 0 aliphatic rings. The summed E-state index contributed by atoms with van der Waals surface area (Å²) >= 11 is 3.00. The highest BCUT2D eigenvalue weighted by Crippen LogP contribution is 2.37. The van der Waals surface area contributed by atoms with Crippen LogP contribution in [0.5, 0.6) is 5.75 Å². The highest BCUT2D eigenvalue weighted by atomic mass is 79.9. The quantitative estimate of drug-likeness (QED) is 0.629. The van der Waals surface area contributed by atoms with Gasteiger partial charge in [0.2, 0.25) is 0 Å². The molecular weight excluding hydrogens is 354 g/mol. The Bertz CT molecular complexity index is 658. The normalized spacial score (nSPS) is 11.5. The van der Waals surface area contributed by atoms with Crippen LogP contribution in [-0.2, 0) is 12.8 Å². The van der Waals surface area contributed by atoms with Gasteiger partial charge in [0.25, 0.3) is 0 Å². The maximum absolute atomic E-state index is 13.1. The van der Waals surface area contributed by atoms with Crippen LogP contribution in [-0.4, -0.2) is 0 Å². The zero-order valence-electron chi connectivity index (χ0n) is 10.5. The SMILES string of the molecule is Nc1ccc(OCc2ccc(F)c(Br)c2)c(C(F)(F)F)c1. The van der Waals surface area contributed by atoms with E-state index >= 15 is 0 Å². The Kier molecular flexibility index (Phi) is 4.41. The summed E-state index contributed by atoms with van der Waals surface area (Å²) in [7, 11) is 0. The number of hydrogen-bond donors (Lipinski definition) is 1. The van der Waals surface area contributed by atoms with Crippen LogP contribution in [0.2, 0.25) is 0 Å². The molecule has 0 aliphatic carbocycles. The zero-order chi connectivity index (χ0) is 15.6. The first-order valence-electron chi connectivity index (χ1n) is 5.81. The molecule has 2 aromatic rings. The number of halogens is 5. The molecule has 7 heteroatoms. The van der Waals surface area contributed by atoms with Gasteiger partial charge in [0.15, 0.2) is 0 Å². The van der Waals surface area contributed by atoms with E-state index < -0.39 is 17.6 Å². The molecule has 112 valence electrons. The van der Waals surface area contributed by atoms with Crippen LogP contribution in [0.4, 0.5) is 23.2 Å². The Morgan fingerprint density at radius 1 is 1.10 bits per heavy atom. The zero-order valence-corrected chi connectivity index (χ0v) is 12.1. The number of anilines is 1. The van der Waals surface area contributed by atoms with Crippen molar-refractivity contribution >= 4 is 21.6 Å². The predicted octanol–water partition coefficient (Wildman–Crippen LogP) is 4.77. The van der Waals surface area contributed by atoms with Gasteiger partial charge in [-0.1, -0.05) is 6.07 Å². The third-order valence-electron chi connectivity index (χ3n) is 2.69. The van der Waals surface area contributed by atoms with Crippen molar-refractivity contribution in [2.24, 2.45) is 0 Å². The van der Waals surface area contributed by atoms with Crippen molar-refractivity contribution in [2.75, 3.05) is 5.73 Å². The van der Waals surface area contributed by atoms with E-state index in [1.165, 1.54) is 24.3 Å². The maximum atomic E-state index is 13.1. The number of rotatable bonds is 3. The van der Waals surface area contributed by atoms with Crippen molar-refractivity contribution in [3.05, 3.63) is 57.8 Å². The second-order valence-corrected chi connectivity index (χ2v) is 5.14. The molecule has 2 N–H and O–H groups in total. The third kappa shape index (κ3) is 3.87. The molecule has 2 aromatic carbocycles. The van der Waals surface area contributed by atoms with Crippen LogP contribution < -0.4 is 10.5 Å². The first kappa shape index (κ1) is 15.6. The van der Waals surface area contributed by atoms with E-state index in [9.17, 15) is 17.6 Å². The van der Waals surface area contributed by atoms with E-state index in [4.69, 9.17) is 10.5 Å². The van der Waals surface area contributed by atoms with Crippen molar-refractivity contribution in [1.82, 2.24) is 0 Å². The minimum absolute atomic E-state index is 0.000739. The fraction of sp³-hybridized carbons (Fsp3) is 0.143. The molecule has 2 nitrogen and oxygen atoms in total. The van der Waals surface area contributed by atoms with Gasteiger partial charge in [0.1, 0.15) is 18.2 Å². The first-order chi connectivity index (χ1) is 9.77. The van der Waals surface area contributed by atoms with Crippen LogP contribution >= 0.6 is 15.9 Å². The highest BCUT2D eigenvalue weighted by Gasteiger charge is 2.34. The highest BCUT2D eigenvalue weighted by molar-refractivity contribution is 9.10. The number of ether oxygens (including phenoxy) is 1. The summed E-state index contributed by atoms with van der Waals surface area (Å²) in [5.41, 5.74) is 4.96. The largest absolute Gasteiger partial charge is 0.488 e. The van der Waals surface area contributed by atoms with Crippen molar-refractivity contribution in [3.63, 3.8) is 0 Å². The summed E-state index contributed by atoms with van der Waals surface area (Å²) in [6, 6.07) is 7.39. The molecule has 0 bridgehead atoms. The van der Waals surface area contributed by atoms with E-state index in [0.29, 0.717) is 5.56 Å². The van der Waals surface area contributed by atoms with E-state index in [-0.39, 0.29) is 22.5 Å². The summed E-state index contributed by atoms with van der Waals surface area (Å²) in [5, 5.41) is 0. The topological polar surface area (TPSA) is 35.2 Å². The Hall–Kier alpha value is -1.76.